The van der Waals surface area contributed by atoms with Crippen molar-refractivity contribution in [1.82, 2.24) is 25.5 Å². The largest absolute Gasteiger partial charge is 0.391 e. The van der Waals surface area contributed by atoms with E-state index in [1.807, 2.05) is 6.92 Å². The van der Waals surface area contributed by atoms with Crippen LogP contribution in [0.3, 0.4) is 0 Å². The molecule has 1 aromatic heterocycles. The molecule has 0 spiro atoms. The van der Waals surface area contributed by atoms with E-state index in [0.717, 1.165) is 0 Å². The van der Waals surface area contributed by atoms with Crippen LogP contribution in [0.5, 0.6) is 0 Å². The van der Waals surface area contributed by atoms with Crippen molar-refractivity contribution in [2.24, 2.45) is 11.8 Å². The second-order valence-corrected chi connectivity index (χ2v) is 6.41. The van der Waals surface area contributed by atoms with Gasteiger partial charge in [-0.3, -0.25) is 4.79 Å². The highest BCUT2D eigenvalue weighted by Gasteiger charge is 2.41. The maximum atomic E-state index is 12.6. The van der Waals surface area contributed by atoms with Gasteiger partial charge in [0.15, 0.2) is 5.82 Å². The van der Waals surface area contributed by atoms with Gasteiger partial charge in [-0.25, -0.2) is 0 Å². The molecule has 1 N–H and O–H groups in total. The summed E-state index contributed by atoms with van der Waals surface area (Å²) >= 11 is 0. The number of rotatable bonds is 5. The van der Waals surface area contributed by atoms with Crippen molar-refractivity contribution in [3.05, 3.63) is 5.82 Å². The van der Waals surface area contributed by atoms with Crippen LogP contribution < -0.4 is 0 Å². The van der Waals surface area contributed by atoms with Gasteiger partial charge in [0, 0.05) is 25.9 Å². The lowest BCUT2D eigenvalue weighted by molar-refractivity contribution is -0.184. The van der Waals surface area contributed by atoms with Crippen molar-refractivity contribution in [3.8, 4) is 0 Å². The van der Waals surface area contributed by atoms with Gasteiger partial charge in [0.25, 0.3) is 0 Å². The fourth-order valence-electron chi connectivity index (χ4n) is 3.07. The minimum Gasteiger partial charge on any atom is -0.345 e. The third-order valence-electron chi connectivity index (χ3n) is 4.55. The van der Waals surface area contributed by atoms with Gasteiger partial charge in [0.05, 0.1) is 5.92 Å². The van der Waals surface area contributed by atoms with E-state index in [4.69, 9.17) is 0 Å². The Morgan fingerprint density at radius 1 is 1.35 bits per heavy atom. The highest BCUT2D eigenvalue weighted by atomic mass is 19.4. The number of alkyl halides is 3. The van der Waals surface area contributed by atoms with E-state index in [1.54, 1.807) is 11.9 Å². The molecule has 1 aromatic rings. The Labute approximate surface area is 132 Å². The number of hydrogen-bond acceptors (Lipinski definition) is 4. The second-order valence-electron chi connectivity index (χ2n) is 6.41. The molecule has 0 unspecified atom stereocenters. The van der Waals surface area contributed by atoms with E-state index in [-0.39, 0.29) is 30.6 Å². The molecule has 23 heavy (non-hydrogen) atoms. The molecule has 130 valence electrons. The van der Waals surface area contributed by atoms with Crippen LogP contribution in [0.15, 0.2) is 0 Å². The molecule has 9 heteroatoms. The Bertz CT molecular complexity index is 497. The van der Waals surface area contributed by atoms with E-state index in [9.17, 15) is 18.0 Å². The third kappa shape index (κ3) is 4.90. The average Bonchev–Trinajstić information content (AvgIpc) is 3.01. The summed E-state index contributed by atoms with van der Waals surface area (Å²) in [6, 6.07) is 0. The zero-order chi connectivity index (χ0) is 17.0. The number of amides is 1. The smallest absolute Gasteiger partial charge is 0.345 e. The zero-order valence-electron chi connectivity index (χ0n) is 13.3. The van der Waals surface area contributed by atoms with E-state index >= 15 is 0 Å². The summed E-state index contributed by atoms with van der Waals surface area (Å²) in [6.45, 7) is 2.35. The van der Waals surface area contributed by atoms with Crippen LogP contribution >= 0.6 is 0 Å². The summed E-state index contributed by atoms with van der Waals surface area (Å²) in [5.41, 5.74) is 0. The molecule has 2 rings (SSSR count). The Morgan fingerprint density at radius 2 is 2.00 bits per heavy atom. The summed E-state index contributed by atoms with van der Waals surface area (Å²) in [7, 11) is 1.69. The number of nitrogens with one attached hydrogen (secondary N) is 1. The molecule has 1 aliphatic rings. The van der Waals surface area contributed by atoms with Gasteiger partial charge >= 0.3 is 6.18 Å². The van der Waals surface area contributed by atoms with E-state index in [0.29, 0.717) is 31.6 Å². The van der Waals surface area contributed by atoms with E-state index in [2.05, 4.69) is 20.6 Å². The van der Waals surface area contributed by atoms with Crippen LogP contribution in [0.4, 0.5) is 13.2 Å². The first-order valence-corrected chi connectivity index (χ1v) is 7.81. The fourth-order valence-corrected chi connectivity index (χ4v) is 3.07. The van der Waals surface area contributed by atoms with Gasteiger partial charge in [-0.05, 0) is 31.6 Å². The number of carbonyl (C=O) groups excluding carboxylic acids is 1. The Balaban J connectivity index is 1.76. The lowest BCUT2D eigenvalue weighted by atomic mass is 9.80. The lowest BCUT2D eigenvalue weighted by Crippen LogP contribution is -2.34. The average molecular weight is 333 g/mol. The first kappa shape index (κ1) is 17.7. The minimum atomic E-state index is -4.11. The van der Waals surface area contributed by atoms with Crippen molar-refractivity contribution in [2.45, 2.75) is 51.1 Å². The summed E-state index contributed by atoms with van der Waals surface area (Å²) in [5, 5.41) is 13.6. The maximum absolute atomic E-state index is 12.6. The normalized spacial score (nSPS) is 23.5. The van der Waals surface area contributed by atoms with Crippen LogP contribution in [0, 0.1) is 11.8 Å². The van der Waals surface area contributed by atoms with Crippen LogP contribution in [0.25, 0.3) is 0 Å². The Morgan fingerprint density at radius 3 is 2.52 bits per heavy atom. The topological polar surface area (TPSA) is 74.8 Å². The predicted molar refractivity (Wildman–Crippen MR) is 76.3 cm³/mol. The summed E-state index contributed by atoms with van der Waals surface area (Å²) in [6.07, 6.45) is -2.62. The summed E-state index contributed by atoms with van der Waals surface area (Å²) < 4.78 is 37.9. The molecular weight excluding hydrogens is 311 g/mol. The molecule has 1 atom stereocenters. The number of carbonyl (C=O) groups is 1. The van der Waals surface area contributed by atoms with Gasteiger partial charge in [-0.2, -0.15) is 18.4 Å². The molecule has 1 aliphatic carbocycles. The van der Waals surface area contributed by atoms with Crippen molar-refractivity contribution >= 4 is 5.91 Å². The number of hydrogen-bond donors (Lipinski definition) is 1. The van der Waals surface area contributed by atoms with E-state index in [1.165, 1.54) is 0 Å². The van der Waals surface area contributed by atoms with Gasteiger partial charge in [-0.15, -0.1) is 10.2 Å². The number of H-pyrrole nitrogens is 1. The highest BCUT2D eigenvalue weighted by molar-refractivity contribution is 5.76. The molecule has 1 heterocycles. The molecule has 0 aromatic carbocycles. The first-order chi connectivity index (χ1) is 10.8. The molecule has 1 saturated carbocycles. The molecule has 0 radical (unpaired) electrons. The van der Waals surface area contributed by atoms with Gasteiger partial charge < -0.3 is 4.90 Å². The number of halogens is 3. The molecule has 0 saturated heterocycles. The SMILES string of the molecule is C[C@@H](CN(C)C(=O)CC1CCC(C(F)(F)F)CC1)c1nn[nH]n1. The van der Waals surface area contributed by atoms with Crippen LogP contribution in [-0.4, -0.2) is 51.2 Å². The third-order valence-corrected chi connectivity index (χ3v) is 4.55. The zero-order valence-corrected chi connectivity index (χ0v) is 13.3. The van der Waals surface area contributed by atoms with Crippen molar-refractivity contribution in [1.29, 1.82) is 0 Å². The number of aromatic amines is 1. The number of aromatic nitrogens is 4. The van der Waals surface area contributed by atoms with Gasteiger partial charge in [0.2, 0.25) is 5.91 Å². The van der Waals surface area contributed by atoms with Crippen molar-refractivity contribution < 1.29 is 18.0 Å². The van der Waals surface area contributed by atoms with Crippen LogP contribution in [0.1, 0.15) is 50.8 Å². The second kappa shape index (κ2) is 7.27. The fraction of sp³-hybridized carbons (Fsp3) is 0.857. The molecular formula is C14H22F3N5O. The molecule has 1 amide bonds. The van der Waals surface area contributed by atoms with Crippen molar-refractivity contribution in [3.63, 3.8) is 0 Å². The first-order valence-electron chi connectivity index (χ1n) is 7.81. The number of likely N-dealkylation sites (N-methyl/N-ethyl adjacent to an activating group) is 1. The maximum Gasteiger partial charge on any atom is 0.391 e. The molecule has 1 fully saturated rings. The number of tetrazole rings is 1. The Kier molecular flexibility index (Phi) is 5.59. The van der Waals surface area contributed by atoms with Crippen LogP contribution in [-0.2, 0) is 4.79 Å². The lowest BCUT2D eigenvalue weighted by Gasteiger charge is -2.30. The molecule has 0 bridgehead atoms. The summed E-state index contributed by atoms with van der Waals surface area (Å²) in [4.78, 5) is 13.8. The monoisotopic (exact) mass is 333 g/mol. The highest BCUT2D eigenvalue weighted by Crippen LogP contribution is 2.40. The standard InChI is InChI=1S/C14H22F3N5O/c1-9(13-18-20-21-19-13)8-22(2)12(23)7-10-3-5-11(6-4-10)14(15,16)17/h9-11H,3-8H2,1-2H3,(H,18,19,20,21)/t9-,10?,11?/m0/s1. The Hall–Kier alpha value is -1.67. The quantitative estimate of drug-likeness (QED) is 0.898. The molecule has 6 nitrogen and oxygen atoms in total. The van der Waals surface area contributed by atoms with E-state index < -0.39 is 12.1 Å². The predicted octanol–water partition coefficient (Wildman–Crippen LogP) is 2.52. The van der Waals surface area contributed by atoms with Gasteiger partial charge in [-0.1, -0.05) is 12.1 Å². The minimum absolute atomic E-state index is 0.0454. The van der Waals surface area contributed by atoms with Crippen LogP contribution in [0.2, 0.25) is 0 Å². The van der Waals surface area contributed by atoms with Crippen molar-refractivity contribution in [2.75, 3.05) is 13.6 Å². The van der Waals surface area contributed by atoms with Gasteiger partial charge in [0.1, 0.15) is 0 Å². The number of nitrogens with zero attached hydrogens (tertiary/aromatic N) is 4. The molecule has 0 aliphatic heterocycles. The summed E-state index contributed by atoms with van der Waals surface area (Å²) in [5.74, 6) is -0.719.